The molecule has 1 aliphatic rings. The Morgan fingerprint density at radius 2 is 1.61 bits per heavy atom. The first-order valence-electron chi connectivity index (χ1n) is 12.2. The molecule has 0 aliphatic heterocycles. The summed E-state index contributed by atoms with van der Waals surface area (Å²) in [6.45, 7) is 0.218. The molecule has 1 fully saturated rings. The summed E-state index contributed by atoms with van der Waals surface area (Å²) in [7, 11) is 0. The SMILES string of the molecule is O=C(NC1CCCC1)[C@@H](Cc1ccccc1)N(Cc1ccc(F)cc1)C(=O)CSc1ccc(Cl)cc1. The number of amides is 2. The van der Waals surface area contributed by atoms with Gasteiger partial charge in [-0.1, -0.05) is 66.9 Å². The van der Waals surface area contributed by atoms with Crippen LogP contribution < -0.4 is 5.32 Å². The second-order valence-corrected chi connectivity index (χ2v) is 10.6. The number of nitrogens with one attached hydrogen (secondary N) is 1. The molecule has 1 aliphatic carbocycles. The molecular weight excluding hydrogens is 495 g/mol. The highest BCUT2D eigenvalue weighted by molar-refractivity contribution is 8.00. The van der Waals surface area contributed by atoms with Crippen LogP contribution in [0.3, 0.4) is 0 Å². The molecule has 0 unspecified atom stereocenters. The Hall–Kier alpha value is -2.83. The molecule has 3 aromatic rings. The number of rotatable bonds is 10. The van der Waals surface area contributed by atoms with E-state index in [-0.39, 0.29) is 36.0 Å². The van der Waals surface area contributed by atoms with Gasteiger partial charge in [0.2, 0.25) is 11.8 Å². The normalized spacial score (nSPS) is 14.4. The lowest BCUT2D eigenvalue weighted by Crippen LogP contribution is -2.52. The lowest BCUT2D eigenvalue weighted by atomic mass is 10.0. The molecule has 0 aromatic heterocycles. The molecule has 0 heterocycles. The maximum absolute atomic E-state index is 13.7. The van der Waals surface area contributed by atoms with E-state index in [1.165, 1.54) is 23.9 Å². The zero-order valence-corrected chi connectivity index (χ0v) is 21.6. The molecule has 3 aromatic carbocycles. The number of carbonyl (C=O) groups is 2. The predicted octanol–water partition coefficient (Wildman–Crippen LogP) is 6.27. The highest BCUT2D eigenvalue weighted by Crippen LogP contribution is 2.24. The van der Waals surface area contributed by atoms with E-state index in [1.54, 1.807) is 29.2 Å². The Morgan fingerprint density at radius 1 is 0.944 bits per heavy atom. The fraction of sp³-hybridized carbons (Fsp3) is 0.310. The minimum Gasteiger partial charge on any atom is -0.352 e. The van der Waals surface area contributed by atoms with Gasteiger partial charge in [0.25, 0.3) is 0 Å². The van der Waals surface area contributed by atoms with E-state index in [9.17, 15) is 14.0 Å². The molecular formula is C29H30ClFN2O2S. The zero-order chi connectivity index (χ0) is 25.3. The molecule has 4 nitrogen and oxygen atoms in total. The molecule has 0 saturated heterocycles. The molecule has 36 heavy (non-hydrogen) atoms. The van der Waals surface area contributed by atoms with E-state index in [2.05, 4.69) is 5.32 Å². The third kappa shape index (κ3) is 7.58. The van der Waals surface area contributed by atoms with Crippen LogP contribution in [0.25, 0.3) is 0 Å². The fourth-order valence-corrected chi connectivity index (χ4v) is 5.38. The van der Waals surface area contributed by atoms with Gasteiger partial charge in [-0.15, -0.1) is 11.8 Å². The second-order valence-electron chi connectivity index (χ2n) is 9.09. The number of halogens is 2. The monoisotopic (exact) mass is 524 g/mol. The van der Waals surface area contributed by atoms with Crippen LogP contribution in [0.2, 0.25) is 5.02 Å². The number of benzene rings is 3. The molecule has 4 rings (SSSR count). The van der Waals surface area contributed by atoms with Crippen molar-refractivity contribution in [1.29, 1.82) is 0 Å². The van der Waals surface area contributed by atoms with E-state index in [0.29, 0.717) is 11.4 Å². The van der Waals surface area contributed by atoms with Crippen LogP contribution in [-0.4, -0.2) is 34.6 Å². The summed E-state index contributed by atoms with van der Waals surface area (Å²) in [5.74, 6) is -0.459. The van der Waals surface area contributed by atoms with Gasteiger partial charge in [-0.3, -0.25) is 9.59 Å². The van der Waals surface area contributed by atoms with Crippen LogP contribution >= 0.6 is 23.4 Å². The summed E-state index contributed by atoms with van der Waals surface area (Å²) in [4.78, 5) is 29.8. The first kappa shape index (κ1) is 26.2. The van der Waals surface area contributed by atoms with Crippen LogP contribution in [0.5, 0.6) is 0 Å². The minimum atomic E-state index is -0.684. The number of hydrogen-bond donors (Lipinski definition) is 1. The molecule has 1 N–H and O–H groups in total. The fourth-order valence-electron chi connectivity index (χ4n) is 4.47. The predicted molar refractivity (Wildman–Crippen MR) is 143 cm³/mol. The van der Waals surface area contributed by atoms with Gasteiger partial charge in [0.15, 0.2) is 0 Å². The third-order valence-electron chi connectivity index (χ3n) is 6.41. The molecule has 1 saturated carbocycles. The molecule has 188 valence electrons. The number of hydrogen-bond acceptors (Lipinski definition) is 3. The Balaban J connectivity index is 1.59. The van der Waals surface area contributed by atoms with E-state index >= 15 is 0 Å². The van der Waals surface area contributed by atoms with Gasteiger partial charge in [0.1, 0.15) is 11.9 Å². The van der Waals surface area contributed by atoms with E-state index in [0.717, 1.165) is 41.7 Å². The van der Waals surface area contributed by atoms with Gasteiger partial charge in [-0.25, -0.2) is 4.39 Å². The van der Waals surface area contributed by atoms with Crippen molar-refractivity contribution in [2.24, 2.45) is 0 Å². The van der Waals surface area contributed by atoms with Gasteiger partial charge in [0.05, 0.1) is 5.75 Å². The molecule has 1 atom stereocenters. The van der Waals surface area contributed by atoms with Gasteiger partial charge in [-0.05, 0) is 60.4 Å². The first-order valence-corrected chi connectivity index (χ1v) is 13.6. The molecule has 0 radical (unpaired) electrons. The number of carbonyl (C=O) groups excluding carboxylic acids is 2. The highest BCUT2D eigenvalue weighted by Gasteiger charge is 2.32. The third-order valence-corrected chi connectivity index (χ3v) is 7.66. The van der Waals surface area contributed by atoms with Gasteiger partial charge < -0.3 is 10.2 Å². The number of thioether (sulfide) groups is 1. The zero-order valence-electron chi connectivity index (χ0n) is 20.0. The van der Waals surface area contributed by atoms with E-state index in [1.807, 2.05) is 42.5 Å². The maximum atomic E-state index is 13.7. The van der Waals surface area contributed by atoms with Crippen molar-refractivity contribution < 1.29 is 14.0 Å². The van der Waals surface area contributed by atoms with Crippen LogP contribution in [-0.2, 0) is 22.6 Å². The Morgan fingerprint density at radius 3 is 2.28 bits per heavy atom. The minimum absolute atomic E-state index is 0.141. The van der Waals surface area contributed by atoms with Crippen LogP contribution in [0.1, 0.15) is 36.8 Å². The van der Waals surface area contributed by atoms with Crippen molar-refractivity contribution in [3.8, 4) is 0 Å². The second kappa shape index (κ2) is 12.9. The molecule has 2 amide bonds. The maximum Gasteiger partial charge on any atom is 0.243 e. The van der Waals surface area contributed by atoms with Gasteiger partial charge in [-0.2, -0.15) is 0 Å². The largest absolute Gasteiger partial charge is 0.352 e. The Labute approximate surface area is 221 Å². The van der Waals surface area contributed by atoms with Crippen molar-refractivity contribution in [3.05, 3.63) is 101 Å². The standard InChI is InChI=1S/C29H30ClFN2O2S/c30-23-12-16-26(17-13-23)36-20-28(34)33(19-22-10-14-24(31)15-11-22)27(18-21-6-2-1-3-7-21)29(35)32-25-8-4-5-9-25/h1-3,6-7,10-17,25,27H,4-5,8-9,18-20H2,(H,32,35)/t27-/m1/s1. The van der Waals surface area contributed by atoms with Gasteiger partial charge in [0, 0.05) is 28.9 Å². The summed E-state index contributed by atoms with van der Waals surface area (Å²) >= 11 is 7.40. The van der Waals surface area contributed by atoms with Crippen molar-refractivity contribution in [1.82, 2.24) is 10.2 Å². The van der Waals surface area contributed by atoms with Gasteiger partial charge >= 0.3 is 0 Å². The average Bonchev–Trinajstić information content (AvgIpc) is 3.40. The first-order chi connectivity index (χ1) is 17.5. The van der Waals surface area contributed by atoms with E-state index in [4.69, 9.17) is 11.6 Å². The van der Waals surface area contributed by atoms with Crippen LogP contribution in [0.15, 0.2) is 83.8 Å². The summed E-state index contributed by atoms with van der Waals surface area (Å²) < 4.78 is 13.6. The quantitative estimate of drug-likeness (QED) is 0.318. The van der Waals surface area contributed by atoms with Crippen molar-refractivity contribution in [2.75, 3.05) is 5.75 Å². The number of nitrogens with zero attached hydrogens (tertiary/aromatic N) is 1. The lowest BCUT2D eigenvalue weighted by Gasteiger charge is -2.32. The van der Waals surface area contributed by atoms with E-state index < -0.39 is 6.04 Å². The molecule has 0 spiro atoms. The lowest BCUT2D eigenvalue weighted by molar-refractivity contribution is -0.139. The van der Waals surface area contributed by atoms with Crippen LogP contribution in [0.4, 0.5) is 4.39 Å². The summed E-state index contributed by atoms with van der Waals surface area (Å²) in [6.07, 6.45) is 4.52. The summed E-state index contributed by atoms with van der Waals surface area (Å²) in [5.41, 5.74) is 1.75. The summed E-state index contributed by atoms with van der Waals surface area (Å²) in [6, 6.07) is 22.6. The summed E-state index contributed by atoms with van der Waals surface area (Å²) in [5, 5.41) is 3.83. The molecule has 0 bridgehead atoms. The smallest absolute Gasteiger partial charge is 0.243 e. The van der Waals surface area contributed by atoms with Crippen molar-refractivity contribution >= 4 is 35.2 Å². The Bertz CT molecular complexity index is 1140. The Kier molecular flexibility index (Phi) is 9.42. The van der Waals surface area contributed by atoms with Crippen LogP contribution in [0, 0.1) is 5.82 Å². The van der Waals surface area contributed by atoms with Crippen molar-refractivity contribution in [2.45, 2.75) is 55.6 Å². The average molecular weight is 525 g/mol. The topological polar surface area (TPSA) is 49.4 Å². The molecule has 7 heteroatoms. The van der Waals surface area contributed by atoms with Crippen molar-refractivity contribution in [3.63, 3.8) is 0 Å². The highest BCUT2D eigenvalue weighted by atomic mass is 35.5.